The summed E-state index contributed by atoms with van der Waals surface area (Å²) in [5.74, 6) is 0. The zero-order valence-electron chi connectivity index (χ0n) is 11.6. The molecule has 1 aromatic heterocycles. The summed E-state index contributed by atoms with van der Waals surface area (Å²) in [6, 6.07) is 9.53. The van der Waals surface area contributed by atoms with E-state index in [9.17, 15) is 4.79 Å². The van der Waals surface area contributed by atoms with Crippen molar-refractivity contribution in [3.05, 3.63) is 63.4 Å². The normalized spacial score (nSPS) is 10.1. The first-order valence-corrected chi connectivity index (χ1v) is 7.08. The first kappa shape index (κ1) is 14.3. The molecule has 0 atom stereocenters. The number of aromatic nitrogens is 1. The second kappa shape index (κ2) is 6.34. The molecule has 0 saturated carbocycles. The molecule has 0 radical (unpaired) electrons. The molecule has 1 heterocycles. The van der Waals surface area contributed by atoms with Gasteiger partial charge in [-0.05, 0) is 31.5 Å². The van der Waals surface area contributed by atoms with Gasteiger partial charge in [-0.1, -0.05) is 29.2 Å². The van der Waals surface area contributed by atoms with Crippen molar-refractivity contribution in [1.82, 2.24) is 3.96 Å². The third-order valence-electron chi connectivity index (χ3n) is 2.70. The van der Waals surface area contributed by atoms with Gasteiger partial charge in [-0.15, -0.1) is 0 Å². The average Bonchev–Trinajstić information content (AvgIpc) is 2.82. The Hall–Kier alpha value is -2.14. The van der Waals surface area contributed by atoms with E-state index in [2.05, 4.69) is 11.8 Å². The van der Waals surface area contributed by atoms with Crippen LogP contribution in [0.15, 0.2) is 57.4 Å². The van der Waals surface area contributed by atoms with Gasteiger partial charge in [-0.3, -0.25) is 8.75 Å². The molecule has 1 aromatic carbocycles. The lowest BCUT2D eigenvalue weighted by atomic mass is 10.2. The minimum Gasteiger partial charge on any atom is -0.268 e. The maximum Gasteiger partial charge on any atom is 0.260 e. The van der Waals surface area contributed by atoms with Gasteiger partial charge in [-0.2, -0.15) is 5.10 Å². The highest BCUT2D eigenvalue weighted by atomic mass is 32.1. The van der Waals surface area contributed by atoms with Crippen LogP contribution in [0.3, 0.4) is 0 Å². The molecule has 0 N–H and O–H groups in total. The van der Waals surface area contributed by atoms with Gasteiger partial charge in [0.2, 0.25) is 0 Å². The highest BCUT2D eigenvalue weighted by Gasteiger charge is 2.03. The number of rotatable bonds is 5. The second-order valence-corrected chi connectivity index (χ2v) is 5.57. The van der Waals surface area contributed by atoms with Gasteiger partial charge in [0.25, 0.3) is 5.56 Å². The van der Waals surface area contributed by atoms with Gasteiger partial charge < -0.3 is 0 Å². The van der Waals surface area contributed by atoms with Crippen molar-refractivity contribution in [3.8, 4) is 0 Å². The summed E-state index contributed by atoms with van der Waals surface area (Å²) >= 11 is 1.42. The second-order valence-electron chi connectivity index (χ2n) is 4.64. The fourth-order valence-corrected chi connectivity index (χ4v) is 2.49. The molecule has 4 nitrogen and oxygen atoms in total. The summed E-state index contributed by atoms with van der Waals surface area (Å²) in [7, 11) is 0. The molecule has 0 amide bonds. The first-order chi connectivity index (χ1) is 9.60. The molecule has 2 aromatic rings. The Morgan fingerprint density at radius 3 is 2.55 bits per heavy atom. The van der Waals surface area contributed by atoms with Gasteiger partial charge in [-0.25, -0.2) is 5.01 Å². The maximum absolute atomic E-state index is 11.5. The lowest BCUT2D eigenvalue weighted by Crippen LogP contribution is -2.12. The molecule has 20 heavy (non-hydrogen) atoms. The van der Waals surface area contributed by atoms with Crippen LogP contribution in [0.1, 0.15) is 19.4 Å². The fraction of sp³-hybridized carbons (Fsp3) is 0.200. The molecule has 0 aliphatic heterocycles. The number of hydrogen-bond acceptors (Lipinski definition) is 4. The topological polar surface area (TPSA) is 37.6 Å². The molecule has 0 saturated heterocycles. The molecule has 0 bridgehead atoms. The summed E-state index contributed by atoms with van der Waals surface area (Å²) < 4.78 is 1.72. The molecule has 5 heteroatoms. The summed E-state index contributed by atoms with van der Waals surface area (Å²) in [4.78, 5) is 11.5. The number of hydrogen-bond donors (Lipinski definition) is 0. The summed E-state index contributed by atoms with van der Waals surface area (Å²) in [6.45, 7) is 8.19. The number of hydrazone groups is 1. The van der Waals surface area contributed by atoms with E-state index >= 15 is 0 Å². The van der Waals surface area contributed by atoms with Crippen LogP contribution in [0.25, 0.3) is 0 Å². The molecule has 0 fully saturated rings. The van der Waals surface area contributed by atoms with Crippen LogP contribution in [0, 0.1) is 0 Å². The molecule has 0 unspecified atom stereocenters. The van der Waals surface area contributed by atoms with Gasteiger partial charge in [0, 0.05) is 24.4 Å². The number of nitrogens with zero attached hydrogens (tertiary/aromatic N) is 3. The predicted molar refractivity (Wildman–Crippen MR) is 85.6 cm³/mol. The van der Waals surface area contributed by atoms with Crippen molar-refractivity contribution in [2.24, 2.45) is 5.10 Å². The van der Waals surface area contributed by atoms with Crippen molar-refractivity contribution < 1.29 is 0 Å². The highest BCUT2D eigenvalue weighted by molar-refractivity contribution is 7.04. The van der Waals surface area contributed by atoms with Crippen LogP contribution in [-0.2, 0) is 6.54 Å². The number of anilines is 1. The van der Waals surface area contributed by atoms with Crippen LogP contribution in [0.4, 0.5) is 5.69 Å². The van der Waals surface area contributed by atoms with Crippen molar-refractivity contribution in [2.75, 3.05) is 5.01 Å². The van der Waals surface area contributed by atoms with E-state index in [0.717, 1.165) is 16.8 Å². The summed E-state index contributed by atoms with van der Waals surface area (Å²) in [5.41, 5.74) is 3.22. The summed E-state index contributed by atoms with van der Waals surface area (Å²) in [5, 5.41) is 7.50. The zero-order valence-corrected chi connectivity index (χ0v) is 12.4. The molecular formula is C15H17N3OS. The average molecular weight is 287 g/mol. The molecule has 0 aliphatic rings. The Morgan fingerprint density at radius 1 is 1.35 bits per heavy atom. The lowest BCUT2D eigenvalue weighted by Gasteiger charge is -2.15. The quantitative estimate of drug-likeness (QED) is 0.625. The van der Waals surface area contributed by atoms with Crippen LogP contribution in [0.5, 0.6) is 0 Å². The monoisotopic (exact) mass is 287 g/mol. The Morgan fingerprint density at radius 2 is 2.05 bits per heavy atom. The Balaban J connectivity index is 2.17. The van der Waals surface area contributed by atoms with E-state index in [1.807, 2.05) is 44.3 Å². The highest BCUT2D eigenvalue weighted by Crippen LogP contribution is 2.17. The zero-order chi connectivity index (χ0) is 14.5. The number of benzene rings is 1. The standard InChI is InChI=1S/C15H17N3OS/c1-12(2)10-17(16-3)14-6-4-13(5-7-14)11-18-15(19)8-9-20-18/h4-10H,3,11H2,1-2H3. The molecule has 0 aliphatic carbocycles. The van der Waals surface area contributed by atoms with E-state index in [1.54, 1.807) is 20.4 Å². The fourth-order valence-electron chi connectivity index (χ4n) is 1.77. The van der Waals surface area contributed by atoms with Crippen LogP contribution in [0.2, 0.25) is 0 Å². The van der Waals surface area contributed by atoms with E-state index < -0.39 is 0 Å². The minimum atomic E-state index is 0.0398. The SMILES string of the molecule is C=NN(C=C(C)C)c1ccc(Cn2sccc2=O)cc1. The van der Waals surface area contributed by atoms with Gasteiger partial charge >= 0.3 is 0 Å². The van der Waals surface area contributed by atoms with Crippen LogP contribution >= 0.6 is 11.5 Å². The largest absolute Gasteiger partial charge is 0.268 e. The van der Waals surface area contributed by atoms with Crippen LogP contribution < -0.4 is 10.6 Å². The lowest BCUT2D eigenvalue weighted by molar-refractivity contribution is 0.849. The van der Waals surface area contributed by atoms with E-state index in [-0.39, 0.29) is 5.56 Å². The Bertz CT molecular complexity index is 663. The third kappa shape index (κ3) is 3.45. The van der Waals surface area contributed by atoms with Crippen molar-refractivity contribution in [2.45, 2.75) is 20.4 Å². The third-order valence-corrected chi connectivity index (χ3v) is 3.53. The first-order valence-electron chi connectivity index (χ1n) is 6.25. The maximum atomic E-state index is 11.5. The van der Waals surface area contributed by atoms with Crippen LogP contribution in [-0.4, -0.2) is 10.7 Å². The molecule has 0 spiro atoms. The van der Waals surface area contributed by atoms with Crippen molar-refractivity contribution in [3.63, 3.8) is 0 Å². The molecule has 104 valence electrons. The Kier molecular flexibility index (Phi) is 4.53. The Labute approximate surface area is 122 Å². The van der Waals surface area contributed by atoms with Gasteiger partial charge in [0.15, 0.2) is 0 Å². The van der Waals surface area contributed by atoms with Crippen molar-refractivity contribution in [1.29, 1.82) is 0 Å². The minimum absolute atomic E-state index is 0.0398. The van der Waals surface area contributed by atoms with E-state index in [0.29, 0.717) is 6.54 Å². The number of allylic oxidation sites excluding steroid dienone is 1. The molecule has 2 rings (SSSR count). The smallest absolute Gasteiger partial charge is 0.260 e. The predicted octanol–water partition coefficient (Wildman–Crippen LogP) is 3.30. The van der Waals surface area contributed by atoms with Gasteiger partial charge in [0.1, 0.15) is 0 Å². The van der Waals surface area contributed by atoms with E-state index in [4.69, 9.17) is 0 Å². The van der Waals surface area contributed by atoms with Gasteiger partial charge in [0.05, 0.1) is 12.2 Å². The van der Waals surface area contributed by atoms with Crippen molar-refractivity contribution >= 4 is 23.9 Å². The molecular weight excluding hydrogens is 270 g/mol. The van der Waals surface area contributed by atoms with E-state index in [1.165, 1.54) is 11.5 Å². The summed E-state index contributed by atoms with van der Waals surface area (Å²) in [6.07, 6.45) is 1.92.